The van der Waals surface area contributed by atoms with Gasteiger partial charge in [0.1, 0.15) is 11.4 Å². The molecule has 2 aliphatic carbocycles. The van der Waals surface area contributed by atoms with E-state index in [-0.39, 0.29) is 16.5 Å². The van der Waals surface area contributed by atoms with Gasteiger partial charge in [-0.1, -0.05) is 41.4 Å². The topological polar surface area (TPSA) is 92.3 Å². The zero-order valence-corrected chi connectivity index (χ0v) is 23.8. The summed E-state index contributed by atoms with van der Waals surface area (Å²) in [6, 6.07) is 7.76. The number of allylic oxidation sites excluding steroid dienone is 2. The van der Waals surface area contributed by atoms with Crippen LogP contribution in [0.1, 0.15) is 66.4 Å². The third-order valence-corrected chi connectivity index (χ3v) is 9.59. The van der Waals surface area contributed by atoms with Crippen LogP contribution in [-0.2, 0) is 5.41 Å². The van der Waals surface area contributed by atoms with Crippen LogP contribution in [0.5, 0.6) is 0 Å². The number of rotatable bonds is 5. The number of nitrogens with zero attached hydrogens (tertiary/aromatic N) is 4. The minimum absolute atomic E-state index is 0.00776. The van der Waals surface area contributed by atoms with E-state index in [4.69, 9.17) is 27.7 Å². The Morgan fingerprint density at radius 3 is 2.40 bits per heavy atom. The molecule has 0 radical (unpaired) electrons. The molecule has 3 aromatic heterocycles. The van der Waals surface area contributed by atoms with Crippen LogP contribution in [0.2, 0.25) is 10.0 Å². The number of aryl methyl sites for hydroxylation is 1. The molecule has 0 unspecified atom stereocenters. The molecule has 1 spiro atoms. The number of anilines is 1. The highest BCUT2D eigenvalue weighted by Crippen LogP contribution is 2.58. The highest BCUT2D eigenvalue weighted by Gasteiger charge is 2.49. The number of aromatic nitrogens is 3. The molecular formula is C31H28Cl2N4O3. The fraction of sp³-hybridized carbons (Fsp3) is 0.355. The summed E-state index contributed by atoms with van der Waals surface area (Å²) in [5.41, 5.74) is 6.72. The quantitative estimate of drug-likeness (QED) is 0.260. The summed E-state index contributed by atoms with van der Waals surface area (Å²) in [5.74, 6) is -0.0665. The molecule has 4 aromatic rings. The van der Waals surface area contributed by atoms with Crippen LogP contribution in [0, 0.1) is 12.3 Å². The number of benzene rings is 1. The smallest absolute Gasteiger partial charge is 0.354 e. The zero-order valence-electron chi connectivity index (χ0n) is 22.3. The van der Waals surface area contributed by atoms with Crippen molar-refractivity contribution in [2.24, 2.45) is 5.41 Å². The van der Waals surface area contributed by atoms with E-state index in [1.807, 2.05) is 13.0 Å². The molecule has 1 N–H and O–H groups in total. The maximum atomic E-state index is 11.4. The molecule has 1 aliphatic heterocycles. The minimum atomic E-state index is -1.01. The number of pyridine rings is 2. The van der Waals surface area contributed by atoms with Gasteiger partial charge in [0.2, 0.25) is 0 Å². The third-order valence-electron chi connectivity index (χ3n) is 9.02. The summed E-state index contributed by atoms with van der Waals surface area (Å²) in [6.07, 6.45) is 10.9. The molecule has 2 fully saturated rings. The van der Waals surface area contributed by atoms with Gasteiger partial charge in [0, 0.05) is 53.1 Å². The Hall–Kier alpha value is -3.42. The Labute approximate surface area is 241 Å². The molecule has 0 atom stereocenters. The lowest BCUT2D eigenvalue weighted by Gasteiger charge is -2.47. The van der Waals surface area contributed by atoms with Crippen molar-refractivity contribution in [1.82, 2.24) is 15.1 Å². The lowest BCUT2D eigenvalue weighted by molar-refractivity contribution is 0.0691. The first-order valence-corrected chi connectivity index (χ1v) is 14.3. The molecule has 0 amide bonds. The second-order valence-electron chi connectivity index (χ2n) is 11.8. The van der Waals surface area contributed by atoms with Gasteiger partial charge < -0.3 is 14.5 Å². The van der Waals surface area contributed by atoms with Crippen LogP contribution in [0.3, 0.4) is 0 Å². The van der Waals surface area contributed by atoms with Crippen LogP contribution in [0.15, 0.2) is 47.3 Å². The van der Waals surface area contributed by atoms with Crippen molar-refractivity contribution in [1.29, 1.82) is 0 Å². The van der Waals surface area contributed by atoms with E-state index in [1.54, 1.807) is 18.5 Å². The van der Waals surface area contributed by atoms with Crippen molar-refractivity contribution < 1.29 is 14.4 Å². The number of aromatic carboxylic acids is 1. The fourth-order valence-electron chi connectivity index (χ4n) is 6.32. The van der Waals surface area contributed by atoms with E-state index in [2.05, 4.69) is 45.2 Å². The standard InChI is InChI=1S/C31H28Cl2N4O3/c1-17-11-24(29(38)39)35-23-4-3-19(12-20(17)23)37-9-7-31(8-10-37)13-18(14-31)25-27(26-21(32)15-34-16-22(26)33)36-40-28(25)30(2)5-6-30/h3-4,11-13,15-16H,5-10,14H2,1-2H3,(H,38,39). The highest BCUT2D eigenvalue weighted by molar-refractivity contribution is 6.39. The second-order valence-corrected chi connectivity index (χ2v) is 12.6. The van der Waals surface area contributed by atoms with Gasteiger partial charge in [-0.2, -0.15) is 0 Å². The van der Waals surface area contributed by atoms with Crippen molar-refractivity contribution in [2.75, 3.05) is 18.0 Å². The van der Waals surface area contributed by atoms with E-state index in [1.165, 1.54) is 5.57 Å². The lowest BCUT2D eigenvalue weighted by atomic mass is 9.63. The lowest BCUT2D eigenvalue weighted by Crippen LogP contribution is -2.42. The molecule has 40 heavy (non-hydrogen) atoms. The molecular weight excluding hydrogens is 547 g/mol. The van der Waals surface area contributed by atoms with E-state index in [0.29, 0.717) is 26.8 Å². The van der Waals surface area contributed by atoms with Crippen molar-refractivity contribution in [3.63, 3.8) is 0 Å². The summed E-state index contributed by atoms with van der Waals surface area (Å²) in [5, 5.41) is 15.8. The van der Waals surface area contributed by atoms with Crippen molar-refractivity contribution in [3.8, 4) is 11.3 Å². The van der Waals surface area contributed by atoms with Gasteiger partial charge in [-0.15, -0.1) is 0 Å². The van der Waals surface area contributed by atoms with E-state index in [0.717, 1.165) is 73.2 Å². The van der Waals surface area contributed by atoms with Gasteiger partial charge in [-0.25, -0.2) is 9.78 Å². The third kappa shape index (κ3) is 4.10. The monoisotopic (exact) mass is 574 g/mol. The average Bonchev–Trinajstić information content (AvgIpc) is 3.51. The first-order valence-electron chi connectivity index (χ1n) is 13.6. The number of carboxylic acids is 1. The number of fused-ring (bicyclic) bond motifs is 1. The fourth-order valence-corrected chi connectivity index (χ4v) is 6.87. The molecule has 1 aromatic carbocycles. The maximum absolute atomic E-state index is 11.4. The molecule has 7 nitrogen and oxygen atoms in total. The number of carboxylic acid groups (broad SMARTS) is 1. The SMILES string of the molecule is Cc1cc(C(=O)O)nc2ccc(N3CCC4(C=C(c5c(-c6c(Cl)cncc6Cl)noc5C5(C)CC5)C4)CC3)cc12. The number of hydrogen-bond acceptors (Lipinski definition) is 6. The summed E-state index contributed by atoms with van der Waals surface area (Å²) in [4.78, 5) is 22.2. The molecule has 1 saturated carbocycles. The Morgan fingerprint density at radius 2 is 1.75 bits per heavy atom. The van der Waals surface area contributed by atoms with Gasteiger partial charge in [0.15, 0.2) is 5.76 Å². The predicted octanol–water partition coefficient (Wildman–Crippen LogP) is 7.72. The van der Waals surface area contributed by atoms with Crippen LogP contribution in [0.4, 0.5) is 5.69 Å². The van der Waals surface area contributed by atoms with E-state index >= 15 is 0 Å². The highest BCUT2D eigenvalue weighted by atomic mass is 35.5. The first-order chi connectivity index (χ1) is 19.2. The molecule has 0 bridgehead atoms. The Bertz CT molecular complexity index is 1710. The number of hydrogen-bond donors (Lipinski definition) is 1. The average molecular weight is 575 g/mol. The first kappa shape index (κ1) is 25.5. The summed E-state index contributed by atoms with van der Waals surface area (Å²) >= 11 is 13.1. The Morgan fingerprint density at radius 1 is 1.05 bits per heavy atom. The summed E-state index contributed by atoms with van der Waals surface area (Å²) in [6.45, 7) is 6.05. The largest absolute Gasteiger partial charge is 0.477 e. The van der Waals surface area contributed by atoms with Gasteiger partial charge in [-0.3, -0.25) is 4.98 Å². The van der Waals surface area contributed by atoms with Gasteiger partial charge in [0.05, 0.1) is 15.6 Å². The molecule has 9 heteroatoms. The summed E-state index contributed by atoms with van der Waals surface area (Å²) in [7, 11) is 0. The molecule has 1 saturated heterocycles. The van der Waals surface area contributed by atoms with Crippen LogP contribution >= 0.6 is 23.2 Å². The van der Waals surface area contributed by atoms with E-state index in [9.17, 15) is 9.90 Å². The molecule has 3 aliphatic rings. The van der Waals surface area contributed by atoms with Gasteiger partial charge >= 0.3 is 5.97 Å². The summed E-state index contributed by atoms with van der Waals surface area (Å²) < 4.78 is 5.99. The predicted molar refractivity (Wildman–Crippen MR) is 156 cm³/mol. The van der Waals surface area contributed by atoms with Gasteiger partial charge in [0.25, 0.3) is 0 Å². The Balaban J connectivity index is 1.15. The molecule has 7 rings (SSSR count). The Kier molecular flexibility index (Phi) is 5.78. The van der Waals surface area contributed by atoms with Crippen molar-refractivity contribution in [3.05, 3.63) is 75.4 Å². The number of carbonyl (C=O) groups is 1. The normalized spacial score (nSPS) is 19.0. The number of halogens is 2. The van der Waals surface area contributed by atoms with Crippen LogP contribution in [-0.4, -0.2) is 39.3 Å². The second kappa shape index (κ2) is 9.05. The maximum Gasteiger partial charge on any atom is 0.354 e. The van der Waals surface area contributed by atoms with Crippen molar-refractivity contribution >= 4 is 51.3 Å². The molecule has 204 valence electrons. The van der Waals surface area contributed by atoms with Crippen LogP contribution < -0.4 is 4.90 Å². The zero-order chi connectivity index (χ0) is 27.8. The number of piperidine rings is 1. The minimum Gasteiger partial charge on any atom is -0.477 e. The van der Waals surface area contributed by atoms with Gasteiger partial charge in [-0.05, 0) is 79.8 Å². The molecule has 4 heterocycles. The van der Waals surface area contributed by atoms with Crippen LogP contribution in [0.25, 0.3) is 27.7 Å². The van der Waals surface area contributed by atoms with E-state index < -0.39 is 5.97 Å². The van der Waals surface area contributed by atoms with Crippen molar-refractivity contribution in [2.45, 2.75) is 51.4 Å².